The monoisotopic (exact) mass is 277 g/mol. The second-order valence-corrected chi connectivity index (χ2v) is 5.51. The number of thiophene rings is 1. The lowest BCUT2D eigenvalue weighted by Gasteiger charge is -2.07. The SMILES string of the molecule is c1ccc(C(=NCc2cccs2)c2ccccc2)cc1. The first-order chi connectivity index (χ1) is 9.93. The Morgan fingerprint density at radius 1 is 0.750 bits per heavy atom. The zero-order chi connectivity index (χ0) is 13.6. The van der Waals surface area contributed by atoms with Crippen LogP contribution in [0.15, 0.2) is 83.2 Å². The zero-order valence-electron chi connectivity index (χ0n) is 11.1. The van der Waals surface area contributed by atoms with Crippen molar-refractivity contribution in [2.45, 2.75) is 6.54 Å². The van der Waals surface area contributed by atoms with E-state index in [9.17, 15) is 0 Å². The van der Waals surface area contributed by atoms with E-state index in [0.717, 1.165) is 23.4 Å². The highest BCUT2D eigenvalue weighted by Gasteiger charge is 2.05. The highest BCUT2D eigenvalue weighted by Crippen LogP contribution is 2.14. The van der Waals surface area contributed by atoms with Crippen molar-refractivity contribution in [1.82, 2.24) is 0 Å². The molecule has 0 aliphatic heterocycles. The molecule has 0 amide bonds. The lowest BCUT2D eigenvalue weighted by molar-refractivity contribution is 1.10. The molecule has 1 heterocycles. The van der Waals surface area contributed by atoms with Crippen LogP contribution in [0.2, 0.25) is 0 Å². The normalized spacial score (nSPS) is 10.2. The predicted molar refractivity (Wildman–Crippen MR) is 86.5 cm³/mol. The molecule has 0 fully saturated rings. The summed E-state index contributed by atoms with van der Waals surface area (Å²) in [6.07, 6.45) is 0. The predicted octanol–water partition coefficient (Wildman–Crippen LogP) is 4.79. The maximum atomic E-state index is 4.83. The maximum Gasteiger partial charge on any atom is 0.0740 e. The Morgan fingerprint density at radius 3 is 1.85 bits per heavy atom. The van der Waals surface area contributed by atoms with Gasteiger partial charge in [-0.3, -0.25) is 4.99 Å². The first-order valence-electron chi connectivity index (χ1n) is 6.61. The zero-order valence-corrected chi connectivity index (χ0v) is 11.9. The fourth-order valence-electron chi connectivity index (χ4n) is 2.10. The summed E-state index contributed by atoms with van der Waals surface area (Å²) in [5.41, 5.74) is 3.38. The van der Waals surface area contributed by atoms with Gasteiger partial charge in [-0.15, -0.1) is 11.3 Å². The molecular formula is C18H15NS. The molecule has 0 aliphatic rings. The van der Waals surface area contributed by atoms with E-state index in [-0.39, 0.29) is 0 Å². The summed E-state index contributed by atoms with van der Waals surface area (Å²) in [6.45, 7) is 0.733. The Labute approximate surface area is 123 Å². The summed E-state index contributed by atoms with van der Waals surface area (Å²) in [5, 5.41) is 2.09. The lowest BCUT2D eigenvalue weighted by atomic mass is 10.0. The fourth-order valence-corrected chi connectivity index (χ4v) is 2.73. The van der Waals surface area contributed by atoms with Crippen LogP contribution in [0.5, 0.6) is 0 Å². The summed E-state index contributed by atoms with van der Waals surface area (Å²) in [6, 6.07) is 24.9. The molecule has 20 heavy (non-hydrogen) atoms. The van der Waals surface area contributed by atoms with Crippen molar-refractivity contribution in [1.29, 1.82) is 0 Å². The minimum atomic E-state index is 0.733. The van der Waals surface area contributed by atoms with E-state index in [4.69, 9.17) is 4.99 Å². The molecule has 0 spiro atoms. The van der Waals surface area contributed by atoms with Gasteiger partial charge in [0.05, 0.1) is 12.3 Å². The van der Waals surface area contributed by atoms with Crippen LogP contribution in [0.25, 0.3) is 0 Å². The third-order valence-corrected chi connectivity index (χ3v) is 3.93. The molecule has 1 aromatic heterocycles. The number of benzene rings is 2. The second kappa shape index (κ2) is 6.31. The number of rotatable bonds is 4. The molecular weight excluding hydrogens is 262 g/mol. The van der Waals surface area contributed by atoms with Gasteiger partial charge in [-0.1, -0.05) is 66.7 Å². The molecule has 3 rings (SSSR count). The summed E-state index contributed by atoms with van der Waals surface area (Å²) in [4.78, 5) is 6.12. The van der Waals surface area contributed by atoms with E-state index in [1.807, 2.05) is 12.1 Å². The average Bonchev–Trinajstić information content (AvgIpc) is 3.03. The first-order valence-corrected chi connectivity index (χ1v) is 7.49. The van der Waals surface area contributed by atoms with E-state index in [1.165, 1.54) is 4.88 Å². The number of hydrogen-bond acceptors (Lipinski definition) is 2. The molecule has 0 N–H and O–H groups in total. The van der Waals surface area contributed by atoms with Gasteiger partial charge in [-0.2, -0.15) is 0 Å². The molecule has 98 valence electrons. The highest BCUT2D eigenvalue weighted by molar-refractivity contribution is 7.09. The van der Waals surface area contributed by atoms with E-state index >= 15 is 0 Å². The van der Waals surface area contributed by atoms with Gasteiger partial charge in [0.2, 0.25) is 0 Å². The van der Waals surface area contributed by atoms with Gasteiger partial charge in [0.25, 0.3) is 0 Å². The first kappa shape index (κ1) is 12.8. The number of hydrogen-bond donors (Lipinski definition) is 0. The Morgan fingerprint density at radius 2 is 1.35 bits per heavy atom. The van der Waals surface area contributed by atoms with Crippen LogP contribution < -0.4 is 0 Å². The molecule has 3 aromatic rings. The van der Waals surface area contributed by atoms with Gasteiger partial charge in [0, 0.05) is 16.0 Å². The summed E-state index contributed by atoms with van der Waals surface area (Å²) in [7, 11) is 0. The van der Waals surface area contributed by atoms with Crippen molar-refractivity contribution in [2.24, 2.45) is 4.99 Å². The highest BCUT2D eigenvalue weighted by atomic mass is 32.1. The summed E-state index contributed by atoms with van der Waals surface area (Å²) in [5.74, 6) is 0. The smallest absolute Gasteiger partial charge is 0.0740 e. The Kier molecular flexibility index (Phi) is 4.04. The molecule has 2 heteroatoms. The van der Waals surface area contributed by atoms with Crippen molar-refractivity contribution < 1.29 is 0 Å². The maximum absolute atomic E-state index is 4.83. The fraction of sp³-hybridized carbons (Fsp3) is 0.0556. The van der Waals surface area contributed by atoms with E-state index in [1.54, 1.807) is 11.3 Å². The van der Waals surface area contributed by atoms with Gasteiger partial charge >= 0.3 is 0 Å². The van der Waals surface area contributed by atoms with E-state index in [2.05, 4.69) is 66.0 Å². The second-order valence-electron chi connectivity index (χ2n) is 4.48. The number of nitrogens with zero attached hydrogens (tertiary/aromatic N) is 1. The Hall–Kier alpha value is -2.19. The van der Waals surface area contributed by atoms with E-state index in [0.29, 0.717) is 0 Å². The number of aliphatic imine (C=N–C) groups is 1. The lowest BCUT2D eigenvalue weighted by Crippen LogP contribution is -2.03. The van der Waals surface area contributed by atoms with Crippen molar-refractivity contribution >= 4 is 17.0 Å². The molecule has 2 aromatic carbocycles. The average molecular weight is 277 g/mol. The van der Waals surface area contributed by atoms with Gasteiger partial charge in [0.15, 0.2) is 0 Å². The molecule has 0 aliphatic carbocycles. The van der Waals surface area contributed by atoms with E-state index < -0.39 is 0 Å². The Bertz CT molecular complexity index is 628. The van der Waals surface area contributed by atoms with Gasteiger partial charge in [0.1, 0.15) is 0 Å². The Balaban J connectivity index is 1.98. The van der Waals surface area contributed by atoms with Crippen LogP contribution in [0, 0.1) is 0 Å². The third kappa shape index (κ3) is 3.03. The molecule has 0 unspecified atom stereocenters. The van der Waals surface area contributed by atoms with Crippen LogP contribution >= 0.6 is 11.3 Å². The van der Waals surface area contributed by atoms with Crippen molar-refractivity contribution in [3.8, 4) is 0 Å². The van der Waals surface area contributed by atoms with Gasteiger partial charge < -0.3 is 0 Å². The van der Waals surface area contributed by atoms with Gasteiger partial charge in [-0.05, 0) is 11.4 Å². The summed E-state index contributed by atoms with van der Waals surface area (Å²) < 4.78 is 0. The standard InChI is InChI=1S/C18H15NS/c1-3-8-15(9-4-1)18(16-10-5-2-6-11-16)19-14-17-12-7-13-20-17/h1-13H,14H2. The molecule has 0 bridgehead atoms. The minimum Gasteiger partial charge on any atom is -0.279 e. The molecule has 1 nitrogen and oxygen atoms in total. The minimum absolute atomic E-state index is 0.733. The largest absolute Gasteiger partial charge is 0.279 e. The summed E-state index contributed by atoms with van der Waals surface area (Å²) >= 11 is 1.75. The topological polar surface area (TPSA) is 12.4 Å². The van der Waals surface area contributed by atoms with Crippen LogP contribution in [-0.2, 0) is 6.54 Å². The van der Waals surface area contributed by atoms with Crippen molar-refractivity contribution in [3.05, 3.63) is 94.2 Å². The molecule has 0 saturated carbocycles. The molecule has 0 saturated heterocycles. The van der Waals surface area contributed by atoms with Crippen LogP contribution in [-0.4, -0.2) is 5.71 Å². The van der Waals surface area contributed by atoms with Crippen molar-refractivity contribution in [2.75, 3.05) is 0 Å². The quantitative estimate of drug-likeness (QED) is 0.608. The molecule has 0 atom stereocenters. The third-order valence-electron chi connectivity index (χ3n) is 3.07. The van der Waals surface area contributed by atoms with Crippen LogP contribution in [0.4, 0.5) is 0 Å². The molecule has 0 radical (unpaired) electrons. The van der Waals surface area contributed by atoms with Gasteiger partial charge in [-0.25, -0.2) is 0 Å². The van der Waals surface area contributed by atoms with Crippen LogP contribution in [0.3, 0.4) is 0 Å². The van der Waals surface area contributed by atoms with Crippen molar-refractivity contribution in [3.63, 3.8) is 0 Å². The van der Waals surface area contributed by atoms with Crippen LogP contribution in [0.1, 0.15) is 16.0 Å².